The second-order valence-corrected chi connectivity index (χ2v) is 7.03. The van der Waals surface area contributed by atoms with Crippen LogP contribution in [0.4, 0.5) is 0 Å². The molecule has 5 nitrogen and oxygen atoms in total. The number of azo groups is 1. The molecule has 1 atom stereocenters. The van der Waals surface area contributed by atoms with Gasteiger partial charge in [0.1, 0.15) is 0 Å². The van der Waals surface area contributed by atoms with Gasteiger partial charge in [0.05, 0.1) is 18.6 Å². The van der Waals surface area contributed by atoms with Gasteiger partial charge in [-0.25, -0.2) is 0 Å². The monoisotopic (exact) mass is 273 g/mol. The van der Waals surface area contributed by atoms with E-state index in [1.165, 1.54) is 0 Å². The van der Waals surface area contributed by atoms with Crippen LogP contribution in [-0.2, 0) is 9.53 Å². The zero-order valence-corrected chi connectivity index (χ0v) is 12.0. The second-order valence-electron chi connectivity index (χ2n) is 7.03. The Balaban J connectivity index is 1.87. The van der Waals surface area contributed by atoms with Gasteiger partial charge in [0.25, 0.3) is 0 Å². The zero-order valence-electron chi connectivity index (χ0n) is 12.0. The van der Waals surface area contributed by atoms with E-state index in [4.69, 9.17) is 4.74 Å². The molecule has 1 N–H and O–H groups in total. The summed E-state index contributed by atoms with van der Waals surface area (Å²) in [5.41, 5.74) is 2.92. The summed E-state index contributed by atoms with van der Waals surface area (Å²) in [5, 5.41) is 11.8. The van der Waals surface area contributed by atoms with Crippen molar-refractivity contribution in [1.29, 1.82) is 0 Å². The van der Waals surface area contributed by atoms with Gasteiger partial charge in [-0.2, -0.15) is 5.11 Å². The molecule has 1 spiro atoms. The van der Waals surface area contributed by atoms with Gasteiger partial charge in [0.2, 0.25) is 0 Å². The van der Waals surface area contributed by atoms with Crippen LogP contribution < -0.4 is 5.32 Å². The number of nitrogens with zero attached hydrogens (tertiary/aromatic N) is 2. The van der Waals surface area contributed by atoms with Crippen molar-refractivity contribution in [3.63, 3.8) is 0 Å². The SMILES string of the molecule is CC1(C)CC(=O)C2=C(C1)NC1=C(CN=N1)C21CCOC1. The first-order valence-electron chi connectivity index (χ1n) is 7.25. The predicted molar refractivity (Wildman–Crippen MR) is 72.8 cm³/mol. The minimum Gasteiger partial charge on any atom is -0.380 e. The van der Waals surface area contributed by atoms with Gasteiger partial charge < -0.3 is 10.1 Å². The van der Waals surface area contributed by atoms with Crippen LogP contribution in [0, 0.1) is 10.8 Å². The van der Waals surface area contributed by atoms with Crippen LogP contribution in [0.1, 0.15) is 33.1 Å². The van der Waals surface area contributed by atoms with E-state index in [-0.39, 0.29) is 16.6 Å². The van der Waals surface area contributed by atoms with Crippen molar-refractivity contribution >= 4 is 5.78 Å². The molecule has 1 aliphatic carbocycles. The van der Waals surface area contributed by atoms with E-state index in [1.54, 1.807) is 0 Å². The van der Waals surface area contributed by atoms with Gasteiger partial charge in [0, 0.05) is 29.9 Å². The quantitative estimate of drug-likeness (QED) is 0.736. The van der Waals surface area contributed by atoms with E-state index >= 15 is 0 Å². The first kappa shape index (κ1) is 12.3. The molecule has 0 amide bonds. The summed E-state index contributed by atoms with van der Waals surface area (Å²) in [4.78, 5) is 12.8. The Morgan fingerprint density at radius 2 is 2.15 bits per heavy atom. The number of rotatable bonds is 0. The van der Waals surface area contributed by atoms with Crippen molar-refractivity contribution < 1.29 is 9.53 Å². The van der Waals surface area contributed by atoms with Crippen molar-refractivity contribution in [2.75, 3.05) is 19.8 Å². The molecule has 0 aromatic heterocycles. The van der Waals surface area contributed by atoms with Gasteiger partial charge >= 0.3 is 0 Å². The van der Waals surface area contributed by atoms with Crippen LogP contribution in [0.3, 0.4) is 0 Å². The number of fused-ring (bicyclic) bond motifs is 2. The maximum atomic E-state index is 12.8. The molecule has 3 heterocycles. The number of ether oxygens (including phenoxy) is 1. The fraction of sp³-hybridized carbons (Fsp3) is 0.667. The normalized spacial score (nSPS) is 34.6. The van der Waals surface area contributed by atoms with Gasteiger partial charge in [-0.1, -0.05) is 13.8 Å². The third kappa shape index (κ3) is 1.50. The fourth-order valence-electron chi connectivity index (χ4n) is 4.07. The topological polar surface area (TPSA) is 63.0 Å². The molecule has 20 heavy (non-hydrogen) atoms. The second kappa shape index (κ2) is 3.79. The lowest BCUT2D eigenvalue weighted by Crippen LogP contribution is -2.44. The van der Waals surface area contributed by atoms with E-state index in [9.17, 15) is 4.79 Å². The number of ketones is 1. The highest BCUT2D eigenvalue weighted by atomic mass is 16.5. The van der Waals surface area contributed by atoms with E-state index in [1.807, 2.05) is 0 Å². The summed E-state index contributed by atoms with van der Waals surface area (Å²) in [5.74, 6) is 1.13. The number of nitrogens with one attached hydrogen (secondary N) is 1. The molecule has 5 heteroatoms. The lowest BCUT2D eigenvalue weighted by Gasteiger charge is -2.42. The number of hydrogen-bond acceptors (Lipinski definition) is 5. The maximum absolute atomic E-state index is 12.8. The predicted octanol–water partition coefficient (Wildman–Crippen LogP) is 2.32. The van der Waals surface area contributed by atoms with Crippen molar-refractivity contribution in [3.8, 4) is 0 Å². The summed E-state index contributed by atoms with van der Waals surface area (Å²) < 4.78 is 5.66. The summed E-state index contributed by atoms with van der Waals surface area (Å²) in [7, 11) is 0. The summed E-state index contributed by atoms with van der Waals surface area (Å²) in [6.45, 7) is 6.20. The minimum absolute atomic E-state index is 0.0113. The highest BCUT2D eigenvalue weighted by Crippen LogP contribution is 2.53. The van der Waals surface area contributed by atoms with Crippen LogP contribution in [0.25, 0.3) is 0 Å². The molecule has 4 aliphatic rings. The Hall–Kier alpha value is -1.49. The third-order valence-electron chi connectivity index (χ3n) is 4.91. The number of Topliss-reactive ketones (excluding diaryl/α,β-unsaturated/α-hetero) is 1. The van der Waals surface area contributed by atoms with Crippen molar-refractivity contribution in [1.82, 2.24) is 5.32 Å². The molecule has 0 aromatic carbocycles. The molecule has 0 radical (unpaired) electrons. The molecule has 1 fully saturated rings. The minimum atomic E-state index is -0.257. The summed E-state index contributed by atoms with van der Waals surface area (Å²) in [6.07, 6.45) is 2.39. The van der Waals surface area contributed by atoms with Crippen LogP contribution in [0.15, 0.2) is 32.9 Å². The Kier molecular flexibility index (Phi) is 2.32. The van der Waals surface area contributed by atoms with Crippen LogP contribution in [-0.4, -0.2) is 25.5 Å². The third-order valence-corrected chi connectivity index (χ3v) is 4.91. The van der Waals surface area contributed by atoms with Crippen LogP contribution in [0.2, 0.25) is 0 Å². The number of carbonyl (C=O) groups is 1. The first-order chi connectivity index (χ1) is 9.52. The molecule has 106 valence electrons. The van der Waals surface area contributed by atoms with Crippen molar-refractivity contribution in [3.05, 3.63) is 22.7 Å². The molecule has 0 bridgehead atoms. The zero-order chi connectivity index (χ0) is 14.0. The van der Waals surface area contributed by atoms with E-state index in [0.717, 1.165) is 35.5 Å². The van der Waals surface area contributed by atoms with E-state index in [2.05, 4.69) is 29.4 Å². The molecular weight excluding hydrogens is 254 g/mol. The van der Waals surface area contributed by atoms with Gasteiger partial charge in [-0.3, -0.25) is 4.79 Å². The highest BCUT2D eigenvalue weighted by Gasteiger charge is 2.53. The average Bonchev–Trinajstić information content (AvgIpc) is 2.96. The molecule has 4 rings (SSSR count). The molecule has 1 unspecified atom stereocenters. The molecule has 0 saturated carbocycles. The van der Waals surface area contributed by atoms with E-state index < -0.39 is 0 Å². The smallest absolute Gasteiger partial charge is 0.162 e. The number of allylic oxidation sites excluding steroid dienone is 1. The molecule has 1 saturated heterocycles. The molecular formula is C15H19N3O2. The standard InChI is InChI=1S/C15H19N3O2/c1-14(2)5-10-12(11(19)6-14)15(3-4-20-8-15)9-7-16-18-13(9)17-10/h17H,3-8H2,1-2H3. The lowest BCUT2D eigenvalue weighted by molar-refractivity contribution is -0.119. The fourth-order valence-corrected chi connectivity index (χ4v) is 4.07. The Labute approximate surface area is 118 Å². The van der Waals surface area contributed by atoms with Gasteiger partial charge in [0.15, 0.2) is 11.6 Å². The average molecular weight is 273 g/mol. The molecule has 3 aliphatic heterocycles. The van der Waals surface area contributed by atoms with Gasteiger partial charge in [-0.15, -0.1) is 5.11 Å². The Morgan fingerprint density at radius 1 is 1.30 bits per heavy atom. The Bertz CT molecular complexity index is 592. The van der Waals surface area contributed by atoms with Crippen LogP contribution >= 0.6 is 0 Å². The summed E-state index contributed by atoms with van der Waals surface area (Å²) >= 11 is 0. The van der Waals surface area contributed by atoms with Gasteiger partial charge in [-0.05, 0) is 18.3 Å². The maximum Gasteiger partial charge on any atom is 0.162 e. The lowest BCUT2D eigenvalue weighted by atomic mass is 9.63. The Morgan fingerprint density at radius 3 is 2.90 bits per heavy atom. The number of hydrogen-bond donors (Lipinski definition) is 1. The van der Waals surface area contributed by atoms with E-state index in [0.29, 0.717) is 26.2 Å². The molecule has 0 aromatic rings. The van der Waals surface area contributed by atoms with Crippen LogP contribution in [0.5, 0.6) is 0 Å². The first-order valence-corrected chi connectivity index (χ1v) is 7.25. The largest absolute Gasteiger partial charge is 0.380 e. The number of carbonyl (C=O) groups excluding carboxylic acids is 1. The van der Waals surface area contributed by atoms with Crippen molar-refractivity contribution in [2.45, 2.75) is 33.1 Å². The highest BCUT2D eigenvalue weighted by molar-refractivity contribution is 6.00. The number of dihydropyridines is 1. The summed E-state index contributed by atoms with van der Waals surface area (Å²) in [6, 6.07) is 0. The van der Waals surface area contributed by atoms with Crippen molar-refractivity contribution in [2.24, 2.45) is 21.1 Å².